The number of aromatic nitrogens is 3. The van der Waals surface area contributed by atoms with Gasteiger partial charge in [-0.2, -0.15) is 13.2 Å². The molecule has 1 aliphatic heterocycles. The van der Waals surface area contributed by atoms with E-state index in [1.165, 1.54) is 18.2 Å². The lowest BCUT2D eigenvalue weighted by molar-refractivity contribution is -0.144. The van der Waals surface area contributed by atoms with Gasteiger partial charge in [0.1, 0.15) is 5.82 Å². The molecular formula is C18H16F3N5O. The van der Waals surface area contributed by atoms with Crippen LogP contribution in [0.5, 0.6) is 0 Å². The number of carbonyl (C=O) groups is 1. The van der Waals surface area contributed by atoms with E-state index in [1.807, 2.05) is 18.2 Å². The number of nitrogens with zero attached hydrogens (tertiary/aromatic N) is 4. The molecule has 4 rings (SSSR count). The van der Waals surface area contributed by atoms with Gasteiger partial charge in [-0.15, -0.1) is 0 Å². The van der Waals surface area contributed by atoms with E-state index in [2.05, 4.69) is 19.9 Å². The quantitative estimate of drug-likeness (QED) is 0.748. The molecule has 0 radical (unpaired) electrons. The fourth-order valence-electron chi connectivity index (χ4n) is 3.14. The Morgan fingerprint density at radius 2 is 1.85 bits per heavy atom. The summed E-state index contributed by atoms with van der Waals surface area (Å²) in [4.78, 5) is 26.6. The van der Waals surface area contributed by atoms with Gasteiger partial charge < -0.3 is 14.8 Å². The zero-order valence-corrected chi connectivity index (χ0v) is 14.2. The highest BCUT2D eigenvalue weighted by Crippen LogP contribution is 2.29. The lowest BCUT2D eigenvalue weighted by Crippen LogP contribution is -2.49. The summed E-state index contributed by atoms with van der Waals surface area (Å²) in [6.45, 7) is 2.33. The van der Waals surface area contributed by atoms with Crippen LogP contribution in [0.1, 0.15) is 16.2 Å². The summed E-state index contributed by atoms with van der Waals surface area (Å²) in [5, 5.41) is 0. The maximum atomic E-state index is 12.8. The molecule has 1 saturated heterocycles. The molecule has 0 spiro atoms. The van der Waals surface area contributed by atoms with Crippen molar-refractivity contribution in [2.24, 2.45) is 0 Å². The number of H-pyrrole nitrogens is 1. The second-order valence-corrected chi connectivity index (χ2v) is 6.28. The number of hydrogen-bond acceptors (Lipinski definition) is 4. The van der Waals surface area contributed by atoms with Crippen LogP contribution in [0.4, 0.5) is 19.0 Å². The summed E-state index contributed by atoms with van der Waals surface area (Å²) >= 11 is 0. The van der Waals surface area contributed by atoms with Crippen molar-refractivity contribution < 1.29 is 18.0 Å². The van der Waals surface area contributed by atoms with Crippen molar-refractivity contribution in [2.45, 2.75) is 6.18 Å². The average molecular weight is 375 g/mol. The molecule has 3 aromatic rings. The number of rotatable bonds is 2. The second-order valence-electron chi connectivity index (χ2n) is 6.28. The fourth-order valence-corrected chi connectivity index (χ4v) is 3.14. The highest BCUT2D eigenvalue weighted by Gasteiger charge is 2.34. The van der Waals surface area contributed by atoms with E-state index in [0.717, 1.165) is 5.82 Å². The molecule has 0 unspecified atom stereocenters. The first kappa shape index (κ1) is 17.3. The van der Waals surface area contributed by atoms with Gasteiger partial charge in [0.05, 0.1) is 11.0 Å². The molecule has 3 heterocycles. The number of anilines is 1. The number of halogens is 3. The maximum Gasteiger partial charge on any atom is 0.449 e. The van der Waals surface area contributed by atoms with Gasteiger partial charge in [0.2, 0.25) is 5.82 Å². The molecule has 1 amide bonds. The third-order valence-corrected chi connectivity index (χ3v) is 4.54. The Balaban J connectivity index is 1.48. The monoisotopic (exact) mass is 375 g/mol. The van der Waals surface area contributed by atoms with Crippen molar-refractivity contribution >= 4 is 22.8 Å². The predicted octanol–water partition coefficient (Wildman–Crippen LogP) is 2.94. The Kier molecular flexibility index (Phi) is 4.21. The summed E-state index contributed by atoms with van der Waals surface area (Å²) in [6.07, 6.45) is -2.83. The number of piperazine rings is 1. The second kappa shape index (κ2) is 6.57. The van der Waals surface area contributed by atoms with E-state index in [4.69, 9.17) is 0 Å². The molecule has 140 valence electrons. The molecule has 0 atom stereocenters. The molecule has 1 aromatic carbocycles. The molecule has 0 saturated carbocycles. The summed E-state index contributed by atoms with van der Waals surface area (Å²) in [6, 6.07) is 10.0. The molecule has 27 heavy (non-hydrogen) atoms. The third-order valence-electron chi connectivity index (χ3n) is 4.54. The van der Waals surface area contributed by atoms with Crippen LogP contribution in [0.15, 0.2) is 42.6 Å². The average Bonchev–Trinajstić information content (AvgIpc) is 3.12. The summed E-state index contributed by atoms with van der Waals surface area (Å²) in [5.41, 5.74) is 0.713. The van der Waals surface area contributed by atoms with Gasteiger partial charge >= 0.3 is 6.18 Å². The third kappa shape index (κ3) is 3.44. The molecule has 0 bridgehead atoms. The van der Waals surface area contributed by atoms with Gasteiger partial charge in [-0.05, 0) is 30.3 Å². The zero-order chi connectivity index (χ0) is 19.0. The smallest absolute Gasteiger partial charge is 0.353 e. The predicted molar refractivity (Wildman–Crippen MR) is 93.4 cm³/mol. The Bertz CT molecular complexity index is 962. The van der Waals surface area contributed by atoms with Gasteiger partial charge in [-0.25, -0.2) is 9.97 Å². The minimum Gasteiger partial charge on any atom is -0.353 e. The first-order valence-electron chi connectivity index (χ1n) is 8.44. The lowest BCUT2D eigenvalue weighted by Gasteiger charge is -2.35. The van der Waals surface area contributed by atoms with Crippen LogP contribution >= 0.6 is 0 Å². The van der Waals surface area contributed by atoms with Crippen LogP contribution in [0.2, 0.25) is 0 Å². The number of fused-ring (bicyclic) bond motifs is 1. The van der Waals surface area contributed by atoms with Crippen LogP contribution in [-0.4, -0.2) is 51.9 Å². The van der Waals surface area contributed by atoms with E-state index in [9.17, 15) is 18.0 Å². The van der Waals surface area contributed by atoms with Crippen molar-refractivity contribution in [3.05, 3.63) is 54.0 Å². The van der Waals surface area contributed by atoms with E-state index in [1.54, 1.807) is 11.1 Å². The highest BCUT2D eigenvalue weighted by atomic mass is 19.4. The number of hydrogen-bond donors (Lipinski definition) is 1. The number of benzene rings is 1. The number of imidazole rings is 1. The zero-order valence-electron chi connectivity index (χ0n) is 14.2. The van der Waals surface area contributed by atoms with E-state index >= 15 is 0 Å². The summed E-state index contributed by atoms with van der Waals surface area (Å²) in [5.74, 6) is -0.407. The molecule has 1 aliphatic rings. The number of nitrogens with one attached hydrogen (secondary N) is 1. The number of carbonyl (C=O) groups excluding carboxylic acids is 1. The minimum absolute atomic E-state index is 0.179. The van der Waals surface area contributed by atoms with Gasteiger partial charge in [0, 0.05) is 37.9 Å². The van der Waals surface area contributed by atoms with Gasteiger partial charge in [0.15, 0.2) is 0 Å². The van der Waals surface area contributed by atoms with E-state index in [-0.39, 0.29) is 16.9 Å². The number of aromatic amines is 1. The maximum absolute atomic E-state index is 12.8. The van der Waals surface area contributed by atoms with Crippen molar-refractivity contribution in [3.63, 3.8) is 0 Å². The summed E-state index contributed by atoms with van der Waals surface area (Å²) in [7, 11) is 0. The topological polar surface area (TPSA) is 65.1 Å². The Hall–Kier alpha value is -3.10. The minimum atomic E-state index is -4.55. The Morgan fingerprint density at radius 1 is 1.07 bits per heavy atom. The molecule has 0 aliphatic carbocycles. The molecule has 2 aromatic heterocycles. The number of alkyl halides is 3. The number of pyridine rings is 1. The standard InChI is InChI=1S/C18H16F3N5O/c19-18(20,21)17-23-13-5-4-12(11-14(13)24-17)16(27)26-9-7-25(8-10-26)15-3-1-2-6-22-15/h1-6,11H,7-10H2,(H,23,24). The van der Waals surface area contributed by atoms with E-state index in [0.29, 0.717) is 31.7 Å². The van der Waals surface area contributed by atoms with Crippen LogP contribution in [0.25, 0.3) is 11.0 Å². The molecule has 1 N–H and O–H groups in total. The first-order chi connectivity index (χ1) is 12.9. The van der Waals surface area contributed by atoms with Crippen LogP contribution in [0.3, 0.4) is 0 Å². The van der Waals surface area contributed by atoms with Crippen LogP contribution in [-0.2, 0) is 6.18 Å². The van der Waals surface area contributed by atoms with Gasteiger partial charge in [-0.3, -0.25) is 4.79 Å². The van der Waals surface area contributed by atoms with E-state index < -0.39 is 12.0 Å². The van der Waals surface area contributed by atoms with Gasteiger partial charge in [-0.1, -0.05) is 6.07 Å². The summed E-state index contributed by atoms with van der Waals surface area (Å²) < 4.78 is 38.3. The van der Waals surface area contributed by atoms with Crippen LogP contribution in [0, 0.1) is 0 Å². The van der Waals surface area contributed by atoms with Crippen molar-refractivity contribution in [2.75, 3.05) is 31.1 Å². The largest absolute Gasteiger partial charge is 0.449 e. The first-order valence-corrected chi connectivity index (χ1v) is 8.44. The Morgan fingerprint density at radius 3 is 2.52 bits per heavy atom. The van der Waals surface area contributed by atoms with Crippen molar-refractivity contribution in [1.29, 1.82) is 0 Å². The molecular weight excluding hydrogens is 359 g/mol. The highest BCUT2D eigenvalue weighted by molar-refractivity contribution is 5.97. The Labute approximate surface area is 152 Å². The normalized spacial score (nSPS) is 15.4. The molecule has 1 fully saturated rings. The van der Waals surface area contributed by atoms with Gasteiger partial charge in [0.25, 0.3) is 5.91 Å². The van der Waals surface area contributed by atoms with Crippen molar-refractivity contribution in [3.8, 4) is 0 Å². The van der Waals surface area contributed by atoms with Crippen LogP contribution < -0.4 is 4.90 Å². The lowest BCUT2D eigenvalue weighted by atomic mass is 10.1. The molecule has 6 nitrogen and oxygen atoms in total. The SMILES string of the molecule is O=C(c1ccc2nc(C(F)(F)F)[nH]c2c1)N1CCN(c2ccccn2)CC1. The number of amides is 1. The van der Waals surface area contributed by atoms with Crippen molar-refractivity contribution in [1.82, 2.24) is 19.9 Å². The molecule has 9 heteroatoms. The fraction of sp³-hybridized carbons (Fsp3) is 0.278.